The number of carboxylic acids is 1. The van der Waals surface area contributed by atoms with Crippen molar-refractivity contribution >= 4 is 59.1 Å². The Bertz CT molecular complexity index is 1270. The van der Waals surface area contributed by atoms with Crippen LogP contribution in [0, 0.1) is 5.92 Å². The second-order valence-corrected chi connectivity index (χ2v) is 13.4. The second kappa shape index (κ2) is 23.3. The molecule has 0 aromatic rings. The predicted molar refractivity (Wildman–Crippen MR) is 189 cm³/mol. The molecule has 1 aliphatic rings. The van der Waals surface area contributed by atoms with Crippen molar-refractivity contribution in [2.75, 3.05) is 44.9 Å². The fraction of sp³-hybridized carbons (Fsp3) is 0.733. The van der Waals surface area contributed by atoms with Crippen LogP contribution in [0.4, 0.5) is 0 Å². The van der Waals surface area contributed by atoms with Crippen molar-refractivity contribution in [1.82, 2.24) is 31.5 Å². The molecule has 15 N–H and O–H groups in total. The van der Waals surface area contributed by atoms with Gasteiger partial charge < -0.3 is 69.1 Å². The first kappa shape index (κ1) is 45.8. The Morgan fingerprint density at radius 2 is 1.37 bits per heavy atom. The first-order valence-corrected chi connectivity index (χ1v) is 18.1. The van der Waals surface area contributed by atoms with E-state index in [1.54, 1.807) is 20.1 Å². The van der Waals surface area contributed by atoms with Gasteiger partial charge in [0.25, 0.3) is 0 Å². The van der Waals surface area contributed by atoms with Crippen LogP contribution in [0.15, 0.2) is 4.99 Å². The van der Waals surface area contributed by atoms with E-state index in [0.29, 0.717) is 12.2 Å². The number of aliphatic hydroxyl groups is 3. The molecule has 0 spiro atoms. The van der Waals surface area contributed by atoms with E-state index in [-0.39, 0.29) is 44.7 Å². The van der Waals surface area contributed by atoms with Crippen LogP contribution in [0.3, 0.4) is 0 Å². The molecule has 22 heteroatoms. The number of hydrogen-bond acceptors (Lipinski definition) is 13. The van der Waals surface area contributed by atoms with Gasteiger partial charge in [0, 0.05) is 13.1 Å². The number of guanidine groups is 1. The number of carboxylic acid groups (broad SMARTS) is 1. The Morgan fingerprint density at radius 1 is 0.808 bits per heavy atom. The second-order valence-electron chi connectivity index (χ2n) is 12.4. The summed E-state index contributed by atoms with van der Waals surface area (Å²) in [6, 6.07) is -9.19. The van der Waals surface area contributed by atoms with E-state index >= 15 is 0 Å². The standard InChI is InChI=1S/C30H54N10O11S/c1-15(2)22(27(48)36-18(8-11-52-3)25(46)38-20(14-43)29(50)51)39-26(47)21-7-5-10-40(21)28(49)19(13-42)37-24(45)17(6-4-9-34-30(32)33)35-23(44)16(31)12-41/h15-22,41-43H,4-14,31H2,1-3H3,(H,35,44)(H,36,48)(H,37,45)(H,38,46)(H,39,47)(H,50,51)(H4,32,33,34)/t16-,17-,18-,19-,20-,21-,22-/m0/s1. The highest BCUT2D eigenvalue weighted by molar-refractivity contribution is 7.98. The maximum atomic E-state index is 13.6. The van der Waals surface area contributed by atoms with Crippen LogP contribution in [0.5, 0.6) is 0 Å². The summed E-state index contributed by atoms with van der Waals surface area (Å²) < 4.78 is 0. The number of rotatable bonds is 23. The lowest BCUT2D eigenvalue weighted by atomic mass is 10.0. The van der Waals surface area contributed by atoms with Crippen LogP contribution in [-0.4, -0.2) is 160 Å². The zero-order valence-corrected chi connectivity index (χ0v) is 30.4. The molecule has 6 amide bonds. The van der Waals surface area contributed by atoms with E-state index in [9.17, 15) is 54.0 Å². The Labute approximate surface area is 305 Å². The molecule has 21 nitrogen and oxygen atoms in total. The number of amides is 6. The summed E-state index contributed by atoms with van der Waals surface area (Å²) in [6.07, 6.45) is 2.66. The van der Waals surface area contributed by atoms with Crippen LogP contribution in [0.1, 0.15) is 46.0 Å². The third-order valence-corrected chi connectivity index (χ3v) is 8.68. The Balaban J connectivity index is 3.11. The van der Waals surface area contributed by atoms with Gasteiger partial charge in [-0.05, 0) is 50.0 Å². The molecule has 0 radical (unpaired) electrons. The summed E-state index contributed by atoms with van der Waals surface area (Å²) in [4.78, 5) is 95.3. The Hall–Kier alpha value is -4.25. The lowest BCUT2D eigenvalue weighted by Crippen LogP contribution is -2.61. The van der Waals surface area contributed by atoms with Crippen LogP contribution in [0.25, 0.3) is 0 Å². The van der Waals surface area contributed by atoms with Gasteiger partial charge in [-0.3, -0.25) is 33.8 Å². The van der Waals surface area contributed by atoms with Gasteiger partial charge in [0.15, 0.2) is 5.96 Å². The van der Waals surface area contributed by atoms with Gasteiger partial charge in [-0.1, -0.05) is 13.8 Å². The quantitative estimate of drug-likeness (QED) is 0.0262. The minimum atomic E-state index is -1.59. The van der Waals surface area contributed by atoms with Crippen LogP contribution >= 0.6 is 11.8 Å². The lowest BCUT2D eigenvalue weighted by molar-refractivity contribution is -0.144. The van der Waals surface area contributed by atoms with Gasteiger partial charge in [0.05, 0.1) is 19.8 Å². The molecule has 0 unspecified atom stereocenters. The number of nitrogens with one attached hydrogen (secondary N) is 5. The first-order valence-electron chi connectivity index (χ1n) is 16.7. The molecule has 52 heavy (non-hydrogen) atoms. The third-order valence-electron chi connectivity index (χ3n) is 8.04. The SMILES string of the molecule is CSCC[C@H](NC(=O)[C@@H](NC(=O)[C@@H]1CCCN1C(=O)[C@H](CO)NC(=O)[C@H](CCCN=C(N)N)NC(=O)[C@@H](N)CO)C(C)C)C(=O)N[C@@H](CO)C(=O)O. The van der Waals surface area contributed by atoms with Crippen molar-refractivity contribution < 1.29 is 54.0 Å². The lowest BCUT2D eigenvalue weighted by Gasteiger charge is -2.31. The fourth-order valence-corrected chi connectivity index (χ4v) is 5.57. The normalized spacial score (nSPS) is 17.5. The van der Waals surface area contributed by atoms with E-state index in [1.165, 1.54) is 11.8 Å². The molecule has 0 aromatic carbocycles. The number of aliphatic carboxylic acids is 1. The van der Waals surface area contributed by atoms with Crippen molar-refractivity contribution in [3.05, 3.63) is 0 Å². The highest BCUT2D eigenvalue weighted by atomic mass is 32.2. The number of hydrogen-bond donors (Lipinski definition) is 12. The maximum absolute atomic E-state index is 13.6. The monoisotopic (exact) mass is 762 g/mol. The van der Waals surface area contributed by atoms with Crippen molar-refractivity contribution in [2.45, 2.75) is 88.2 Å². The highest BCUT2D eigenvalue weighted by Crippen LogP contribution is 2.20. The number of nitrogens with zero attached hydrogens (tertiary/aromatic N) is 2. The van der Waals surface area contributed by atoms with E-state index in [0.717, 1.165) is 4.90 Å². The summed E-state index contributed by atoms with van der Waals surface area (Å²) in [7, 11) is 0. The average molecular weight is 763 g/mol. The van der Waals surface area contributed by atoms with Crippen LogP contribution in [0.2, 0.25) is 0 Å². The summed E-state index contributed by atoms with van der Waals surface area (Å²) in [5.74, 6) is -6.55. The smallest absolute Gasteiger partial charge is 0.328 e. The average Bonchev–Trinajstić information content (AvgIpc) is 3.60. The molecule has 0 saturated carbocycles. The zero-order valence-electron chi connectivity index (χ0n) is 29.6. The number of carbonyl (C=O) groups excluding carboxylic acids is 6. The summed E-state index contributed by atoms with van der Waals surface area (Å²) in [5.41, 5.74) is 16.2. The van der Waals surface area contributed by atoms with Gasteiger partial charge >= 0.3 is 5.97 Å². The minimum absolute atomic E-state index is 0.00633. The summed E-state index contributed by atoms with van der Waals surface area (Å²) >= 11 is 1.38. The van der Waals surface area contributed by atoms with E-state index in [2.05, 4.69) is 31.6 Å². The highest BCUT2D eigenvalue weighted by Gasteiger charge is 2.40. The third kappa shape index (κ3) is 14.8. The number of thioether (sulfide) groups is 1. The summed E-state index contributed by atoms with van der Waals surface area (Å²) in [5, 5.41) is 50.0. The van der Waals surface area contributed by atoms with Crippen molar-refractivity contribution in [3.8, 4) is 0 Å². The molecule has 0 bridgehead atoms. The Morgan fingerprint density at radius 3 is 1.88 bits per heavy atom. The largest absolute Gasteiger partial charge is 0.480 e. The molecule has 1 rings (SSSR count). The van der Waals surface area contributed by atoms with Crippen LogP contribution in [-0.2, 0) is 33.6 Å². The van der Waals surface area contributed by atoms with Crippen molar-refractivity contribution in [3.63, 3.8) is 0 Å². The molecular weight excluding hydrogens is 708 g/mol. The van der Waals surface area contributed by atoms with Gasteiger partial charge in [0.1, 0.15) is 42.3 Å². The number of aliphatic imine (C=N–C) groups is 1. The van der Waals surface area contributed by atoms with Gasteiger partial charge in [-0.15, -0.1) is 0 Å². The van der Waals surface area contributed by atoms with Gasteiger partial charge in [0.2, 0.25) is 35.4 Å². The number of nitrogens with two attached hydrogens (primary N) is 3. The van der Waals surface area contributed by atoms with Crippen molar-refractivity contribution in [2.24, 2.45) is 28.1 Å². The molecule has 0 aromatic heterocycles. The number of likely N-dealkylation sites (tertiary alicyclic amines) is 1. The van der Waals surface area contributed by atoms with Crippen molar-refractivity contribution in [1.29, 1.82) is 0 Å². The topological polar surface area (TPSA) is 354 Å². The van der Waals surface area contributed by atoms with Crippen LogP contribution < -0.4 is 43.8 Å². The number of carbonyl (C=O) groups is 7. The molecule has 7 atom stereocenters. The summed E-state index contributed by atoms with van der Waals surface area (Å²) in [6.45, 7) is 1.04. The zero-order chi connectivity index (χ0) is 39.5. The predicted octanol–water partition coefficient (Wildman–Crippen LogP) is -5.75. The molecule has 1 aliphatic heterocycles. The first-order chi connectivity index (χ1) is 24.5. The van der Waals surface area contributed by atoms with E-state index in [1.807, 2.05) is 0 Å². The maximum Gasteiger partial charge on any atom is 0.328 e. The number of aliphatic hydroxyl groups excluding tert-OH is 3. The molecule has 0 aliphatic carbocycles. The molecule has 1 heterocycles. The van der Waals surface area contributed by atoms with Gasteiger partial charge in [-0.2, -0.15) is 11.8 Å². The van der Waals surface area contributed by atoms with E-state index < -0.39 is 109 Å². The fourth-order valence-electron chi connectivity index (χ4n) is 5.10. The molecule has 296 valence electrons. The Kier molecular flexibility index (Phi) is 20.5. The molecular formula is C30H54N10O11S. The van der Waals surface area contributed by atoms with E-state index in [4.69, 9.17) is 17.2 Å². The molecule has 1 fully saturated rings. The molecule has 1 saturated heterocycles. The van der Waals surface area contributed by atoms with Gasteiger partial charge in [-0.25, -0.2) is 4.79 Å². The minimum Gasteiger partial charge on any atom is -0.480 e.